The molecule has 4 heterocycles. The summed E-state index contributed by atoms with van der Waals surface area (Å²) in [5.41, 5.74) is 1.69. The lowest BCUT2D eigenvalue weighted by Crippen LogP contribution is -2.72. The number of aryl methyl sites for hydroxylation is 1. The molecular weight excluding hydrogens is 404 g/mol. The van der Waals surface area contributed by atoms with Gasteiger partial charge in [0.25, 0.3) is 0 Å². The molecule has 1 aromatic carbocycles. The summed E-state index contributed by atoms with van der Waals surface area (Å²) in [5.74, 6) is 0.0899. The summed E-state index contributed by atoms with van der Waals surface area (Å²) in [7, 11) is 0. The monoisotopic (exact) mass is 434 g/mol. The van der Waals surface area contributed by atoms with Crippen molar-refractivity contribution in [1.29, 1.82) is 0 Å². The van der Waals surface area contributed by atoms with E-state index in [1.54, 1.807) is 0 Å². The highest BCUT2D eigenvalue weighted by Crippen LogP contribution is 2.47. The number of carbonyl (C=O) groups excluding carboxylic acids is 3. The highest BCUT2D eigenvalue weighted by Gasteiger charge is 2.62. The quantitative estimate of drug-likeness (QED) is 0.586. The number of benzene rings is 1. The van der Waals surface area contributed by atoms with Crippen LogP contribution in [0.25, 0.3) is 10.9 Å². The van der Waals surface area contributed by atoms with Crippen molar-refractivity contribution in [2.24, 2.45) is 5.41 Å². The Kier molecular flexibility index (Phi) is 5.14. The molecule has 2 fully saturated rings. The van der Waals surface area contributed by atoms with Crippen LogP contribution in [0.4, 0.5) is 10.6 Å². The summed E-state index contributed by atoms with van der Waals surface area (Å²) in [6.07, 6.45) is 5.65. The van der Waals surface area contributed by atoms with Gasteiger partial charge in [0.2, 0.25) is 11.8 Å². The van der Waals surface area contributed by atoms with Gasteiger partial charge in [-0.1, -0.05) is 31.4 Å². The van der Waals surface area contributed by atoms with Crippen LogP contribution in [-0.4, -0.2) is 46.9 Å². The minimum absolute atomic E-state index is 0.280. The first-order valence-electron chi connectivity index (χ1n) is 11.8. The summed E-state index contributed by atoms with van der Waals surface area (Å²) in [6, 6.07) is 7.38. The number of hydrogen-bond donors (Lipinski definition) is 1. The number of carbonyl (C=O) groups is 3. The molecule has 1 aromatic heterocycles. The van der Waals surface area contributed by atoms with Crippen molar-refractivity contribution >= 4 is 34.6 Å². The van der Waals surface area contributed by atoms with E-state index in [1.807, 2.05) is 13.0 Å². The molecule has 168 valence electrons. The van der Waals surface area contributed by atoms with Crippen molar-refractivity contribution in [1.82, 2.24) is 15.2 Å². The maximum Gasteiger partial charge on any atom is 0.330 e. The van der Waals surface area contributed by atoms with Crippen molar-refractivity contribution in [3.05, 3.63) is 35.4 Å². The summed E-state index contributed by atoms with van der Waals surface area (Å²) in [5, 5.41) is 3.55. The number of pyridine rings is 1. The van der Waals surface area contributed by atoms with E-state index in [9.17, 15) is 14.4 Å². The van der Waals surface area contributed by atoms with Crippen molar-refractivity contribution < 1.29 is 14.4 Å². The molecule has 1 spiro atoms. The molecule has 0 radical (unpaired) electrons. The fourth-order valence-corrected chi connectivity index (χ4v) is 5.70. The van der Waals surface area contributed by atoms with Crippen molar-refractivity contribution in [3.63, 3.8) is 0 Å². The number of rotatable bonds is 4. The second kappa shape index (κ2) is 7.87. The molecule has 32 heavy (non-hydrogen) atoms. The van der Waals surface area contributed by atoms with Gasteiger partial charge in [0, 0.05) is 24.9 Å². The van der Waals surface area contributed by atoms with Gasteiger partial charge in [-0.2, -0.15) is 0 Å². The van der Waals surface area contributed by atoms with Gasteiger partial charge in [-0.3, -0.25) is 19.8 Å². The highest BCUT2D eigenvalue weighted by atomic mass is 16.2. The van der Waals surface area contributed by atoms with Gasteiger partial charge in [0.1, 0.15) is 5.82 Å². The van der Waals surface area contributed by atoms with E-state index in [0.717, 1.165) is 72.9 Å². The van der Waals surface area contributed by atoms with Gasteiger partial charge >= 0.3 is 6.03 Å². The Balaban J connectivity index is 1.62. The predicted octanol–water partition coefficient (Wildman–Crippen LogP) is 3.71. The number of barbiturate groups is 1. The molecule has 4 amide bonds. The van der Waals surface area contributed by atoms with Crippen LogP contribution in [0, 0.1) is 12.3 Å². The van der Waals surface area contributed by atoms with E-state index in [1.165, 1.54) is 4.90 Å². The van der Waals surface area contributed by atoms with Crippen molar-refractivity contribution in [2.45, 2.75) is 64.8 Å². The first-order valence-corrected chi connectivity index (χ1v) is 11.8. The third-order valence-corrected chi connectivity index (χ3v) is 7.32. The first kappa shape index (κ1) is 20.9. The van der Waals surface area contributed by atoms with Gasteiger partial charge in [0.05, 0.1) is 11.6 Å². The minimum atomic E-state index is -1.28. The number of fused-ring (bicyclic) bond motifs is 5. The van der Waals surface area contributed by atoms with Crippen LogP contribution in [0.1, 0.15) is 56.6 Å². The zero-order chi connectivity index (χ0) is 22.5. The Bertz CT molecular complexity index is 1110. The molecule has 0 aliphatic carbocycles. The summed E-state index contributed by atoms with van der Waals surface area (Å²) in [4.78, 5) is 48.3. The van der Waals surface area contributed by atoms with Gasteiger partial charge in [-0.15, -0.1) is 0 Å². The number of anilines is 1. The number of nitrogens with zero attached hydrogens (tertiary/aromatic N) is 3. The largest absolute Gasteiger partial charge is 0.352 e. The Hall–Kier alpha value is -2.96. The molecule has 2 aromatic rings. The second-order valence-corrected chi connectivity index (χ2v) is 9.44. The zero-order valence-electron chi connectivity index (χ0n) is 18.8. The molecule has 5 rings (SSSR count). The smallest absolute Gasteiger partial charge is 0.330 e. The number of aromatic nitrogens is 1. The van der Waals surface area contributed by atoms with E-state index < -0.39 is 17.4 Å². The number of imide groups is 2. The van der Waals surface area contributed by atoms with Gasteiger partial charge in [-0.05, 0) is 56.4 Å². The summed E-state index contributed by atoms with van der Waals surface area (Å²) >= 11 is 0. The molecule has 0 saturated carbocycles. The average molecular weight is 435 g/mol. The topological polar surface area (TPSA) is 82.6 Å². The fourth-order valence-electron chi connectivity index (χ4n) is 5.70. The molecule has 7 nitrogen and oxygen atoms in total. The Labute approximate surface area is 188 Å². The van der Waals surface area contributed by atoms with Gasteiger partial charge in [-0.25, -0.2) is 9.78 Å². The molecule has 3 aliphatic heterocycles. The number of piperidine rings is 1. The molecule has 2 saturated heterocycles. The Morgan fingerprint density at radius 2 is 2.00 bits per heavy atom. The lowest BCUT2D eigenvalue weighted by atomic mass is 9.66. The van der Waals surface area contributed by atoms with Crippen molar-refractivity contribution in [3.8, 4) is 0 Å². The lowest BCUT2D eigenvalue weighted by molar-refractivity contribution is -0.154. The predicted molar refractivity (Wildman–Crippen MR) is 122 cm³/mol. The number of amides is 4. The van der Waals surface area contributed by atoms with Crippen LogP contribution in [0.3, 0.4) is 0 Å². The third kappa shape index (κ3) is 3.09. The Morgan fingerprint density at radius 3 is 2.81 bits per heavy atom. The van der Waals surface area contributed by atoms with Crippen LogP contribution in [-0.2, 0) is 16.0 Å². The van der Waals surface area contributed by atoms with Crippen LogP contribution < -0.4 is 10.2 Å². The van der Waals surface area contributed by atoms with E-state index in [4.69, 9.17) is 4.98 Å². The first-order chi connectivity index (χ1) is 15.5. The molecule has 2 atom stereocenters. The molecule has 0 bridgehead atoms. The third-order valence-electron chi connectivity index (χ3n) is 7.32. The number of nitrogens with one attached hydrogen (secondary N) is 1. The Morgan fingerprint density at radius 1 is 1.16 bits per heavy atom. The minimum Gasteiger partial charge on any atom is -0.352 e. The van der Waals surface area contributed by atoms with E-state index in [2.05, 4.69) is 35.3 Å². The molecule has 0 unspecified atom stereocenters. The average Bonchev–Trinajstić information content (AvgIpc) is 2.78. The maximum absolute atomic E-state index is 13.9. The molecule has 1 N–H and O–H groups in total. The van der Waals surface area contributed by atoms with Crippen LogP contribution in [0.5, 0.6) is 0 Å². The fraction of sp³-hybridized carbons (Fsp3) is 0.520. The molecule has 7 heteroatoms. The van der Waals surface area contributed by atoms with Crippen molar-refractivity contribution in [2.75, 3.05) is 18.0 Å². The number of unbranched alkanes of at least 4 members (excludes halogenated alkanes) is 2. The standard InChI is InChI=1S/C25H30N4O3/c1-3-4-6-12-29-23(31)25(22(30)27-24(29)32)15-18-14-17-13-16(2)9-10-19(17)26-21(18)28-11-7-5-8-20(25)28/h9-10,13-14,20H,3-8,11-12,15H2,1-2H3,(H,27,30,32)/t20-,25+/m0/s1. The summed E-state index contributed by atoms with van der Waals surface area (Å²) in [6.45, 7) is 5.23. The second-order valence-electron chi connectivity index (χ2n) is 9.44. The SMILES string of the molecule is CCCCCN1C(=O)NC(=O)[C@]2(Cc3cc4cc(C)ccc4nc3N3CCCC[C@H]32)C1=O. The van der Waals surface area contributed by atoms with Crippen LogP contribution in [0.15, 0.2) is 24.3 Å². The van der Waals surface area contributed by atoms with E-state index in [0.29, 0.717) is 6.54 Å². The lowest BCUT2D eigenvalue weighted by Gasteiger charge is -2.53. The summed E-state index contributed by atoms with van der Waals surface area (Å²) < 4.78 is 0. The normalized spacial score (nSPS) is 25.2. The van der Waals surface area contributed by atoms with Crippen LogP contribution >= 0.6 is 0 Å². The zero-order valence-corrected chi connectivity index (χ0v) is 18.8. The highest BCUT2D eigenvalue weighted by molar-refractivity contribution is 6.20. The van der Waals surface area contributed by atoms with E-state index in [-0.39, 0.29) is 18.4 Å². The van der Waals surface area contributed by atoms with E-state index >= 15 is 0 Å². The van der Waals surface area contributed by atoms with Crippen LogP contribution in [0.2, 0.25) is 0 Å². The number of hydrogen-bond acceptors (Lipinski definition) is 5. The maximum atomic E-state index is 13.9. The van der Waals surface area contributed by atoms with Gasteiger partial charge < -0.3 is 4.90 Å². The number of urea groups is 1. The molecule has 3 aliphatic rings. The van der Waals surface area contributed by atoms with Gasteiger partial charge in [0.15, 0.2) is 5.41 Å². The molecular formula is C25H30N4O3.